The molecule has 0 saturated heterocycles. The third-order valence-corrected chi connectivity index (χ3v) is 4.04. The van der Waals surface area contributed by atoms with Gasteiger partial charge in [0.2, 0.25) is 0 Å². The number of benzene rings is 2. The minimum absolute atomic E-state index is 0.114. The van der Waals surface area contributed by atoms with Crippen LogP contribution in [-0.2, 0) is 11.2 Å². The Kier molecular flexibility index (Phi) is 6.05. The predicted octanol–water partition coefficient (Wildman–Crippen LogP) is 4.08. The van der Waals surface area contributed by atoms with Gasteiger partial charge in [0.25, 0.3) is 5.91 Å². The Morgan fingerprint density at radius 2 is 1.83 bits per heavy atom. The summed E-state index contributed by atoms with van der Waals surface area (Å²) in [5.74, 6) is 0.602. The molecule has 0 aliphatic rings. The molecule has 122 valence electrons. The second-order valence-electron chi connectivity index (χ2n) is 5.67. The molecule has 23 heavy (non-hydrogen) atoms. The second kappa shape index (κ2) is 8.02. The van der Waals surface area contributed by atoms with E-state index in [4.69, 9.17) is 16.3 Å². The molecule has 2 aromatic carbocycles. The van der Waals surface area contributed by atoms with Crippen LogP contribution in [0.15, 0.2) is 42.5 Å². The Hall–Kier alpha value is -2.00. The lowest BCUT2D eigenvalue weighted by Crippen LogP contribution is -2.37. The molecule has 1 amide bonds. The summed E-state index contributed by atoms with van der Waals surface area (Å²) in [5, 5.41) is 3.61. The molecule has 4 heteroatoms. The molecule has 0 aliphatic carbocycles. The molecule has 1 atom stereocenters. The molecule has 0 bridgehead atoms. The van der Waals surface area contributed by atoms with Crippen LogP contribution in [0.1, 0.15) is 23.6 Å². The molecule has 0 spiro atoms. The van der Waals surface area contributed by atoms with Crippen molar-refractivity contribution >= 4 is 17.5 Å². The average molecular weight is 332 g/mol. The summed E-state index contributed by atoms with van der Waals surface area (Å²) in [7, 11) is 0. The molecule has 0 radical (unpaired) electrons. The molecule has 0 aromatic heterocycles. The van der Waals surface area contributed by atoms with Crippen LogP contribution in [0.3, 0.4) is 0 Å². The van der Waals surface area contributed by atoms with E-state index in [0.717, 1.165) is 17.5 Å². The standard InChI is InChI=1S/C19H22ClNO2/c1-13-4-9-18(12-14(13)2)23-15(3)19(22)21-11-10-16-5-7-17(20)8-6-16/h4-9,12,15H,10-11H2,1-3H3,(H,21,22)/t15-/m1/s1. The Labute approximate surface area is 142 Å². The largest absolute Gasteiger partial charge is 0.481 e. The summed E-state index contributed by atoms with van der Waals surface area (Å²) in [6.07, 6.45) is 0.238. The minimum atomic E-state index is -0.526. The third-order valence-electron chi connectivity index (χ3n) is 3.79. The van der Waals surface area contributed by atoms with Gasteiger partial charge in [-0.2, -0.15) is 0 Å². The summed E-state index contributed by atoms with van der Waals surface area (Å²) in [6.45, 7) is 6.40. The number of amides is 1. The van der Waals surface area contributed by atoms with Gasteiger partial charge < -0.3 is 10.1 Å². The molecular formula is C19H22ClNO2. The summed E-state index contributed by atoms with van der Waals surface area (Å²) in [6, 6.07) is 13.5. The normalized spacial score (nSPS) is 11.8. The van der Waals surface area contributed by atoms with E-state index in [1.807, 2.05) is 56.3 Å². The Morgan fingerprint density at radius 1 is 1.13 bits per heavy atom. The number of nitrogens with one attached hydrogen (secondary N) is 1. The first-order valence-electron chi connectivity index (χ1n) is 7.72. The van der Waals surface area contributed by atoms with E-state index in [0.29, 0.717) is 17.3 Å². The van der Waals surface area contributed by atoms with Crippen LogP contribution in [0.4, 0.5) is 0 Å². The first-order chi connectivity index (χ1) is 11.0. The zero-order valence-electron chi connectivity index (χ0n) is 13.7. The maximum absolute atomic E-state index is 12.1. The molecular weight excluding hydrogens is 310 g/mol. The quantitative estimate of drug-likeness (QED) is 0.866. The maximum Gasteiger partial charge on any atom is 0.260 e. The van der Waals surface area contributed by atoms with Crippen molar-refractivity contribution in [3.8, 4) is 5.75 Å². The lowest BCUT2D eigenvalue weighted by molar-refractivity contribution is -0.127. The summed E-state index contributed by atoms with van der Waals surface area (Å²) < 4.78 is 5.70. The second-order valence-corrected chi connectivity index (χ2v) is 6.11. The summed E-state index contributed by atoms with van der Waals surface area (Å²) in [5.41, 5.74) is 3.49. The highest BCUT2D eigenvalue weighted by atomic mass is 35.5. The molecule has 0 unspecified atom stereocenters. The first-order valence-corrected chi connectivity index (χ1v) is 8.09. The summed E-state index contributed by atoms with van der Waals surface area (Å²) in [4.78, 5) is 12.1. The van der Waals surface area contributed by atoms with Crippen LogP contribution in [-0.4, -0.2) is 18.6 Å². The molecule has 2 aromatic rings. The van der Waals surface area contributed by atoms with Crippen molar-refractivity contribution in [2.24, 2.45) is 0 Å². The van der Waals surface area contributed by atoms with E-state index in [2.05, 4.69) is 5.32 Å². The predicted molar refractivity (Wildman–Crippen MR) is 94.2 cm³/mol. The van der Waals surface area contributed by atoms with E-state index < -0.39 is 6.10 Å². The van der Waals surface area contributed by atoms with E-state index in [9.17, 15) is 4.79 Å². The van der Waals surface area contributed by atoms with Crippen molar-refractivity contribution in [1.29, 1.82) is 0 Å². The van der Waals surface area contributed by atoms with Gasteiger partial charge >= 0.3 is 0 Å². The van der Waals surface area contributed by atoms with Gasteiger partial charge in [-0.1, -0.05) is 29.8 Å². The number of carbonyl (C=O) groups excluding carboxylic acids is 1. The lowest BCUT2D eigenvalue weighted by atomic mass is 10.1. The first kappa shape index (κ1) is 17.4. The van der Waals surface area contributed by atoms with Gasteiger partial charge in [-0.05, 0) is 68.1 Å². The Balaban J connectivity index is 1.80. The topological polar surface area (TPSA) is 38.3 Å². The van der Waals surface area contributed by atoms with Crippen molar-refractivity contribution in [2.75, 3.05) is 6.54 Å². The summed E-state index contributed by atoms with van der Waals surface area (Å²) >= 11 is 5.85. The smallest absolute Gasteiger partial charge is 0.260 e. The molecule has 2 rings (SSSR count). The fourth-order valence-electron chi connectivity index (χ4n) is 2.17. The Morgan fingerprint density at radius 3 is 2.48 bits per heavy atom. The van der Waals surface area contributed by atoms with Crippen molar-refractivity contribution < 1.29 is 9.53 Å². The molecule has 1 N–H and O–H groups in total. The number of halogens is 1. The van der Waals surface area contributed by atoms with E-state index in [1.54, 1.807) is 6.92 Å². The van der Waals surface area contributed by atoms with Crippen LogP contribution >= 0.6 is 11.6 Å². The molecule has 0 saturated carbocycles. The molecule has 0 fully saturated rings. The van der Waals surface area contributed by atoms with Gasteiger partial charge in [-0.3, -0.25) is 4.79 Å². The number of rotatable bonds is 6. The fourth-order valence-corrected chi connectivity index (χ4v) is 2.30. The SMILES string of the molecule is Cc1ccc(O[C@H](C)C(=O)NCCc2ccc(Cl)cc2)cc1C. The van der Waals surface area contributed by atoms with E-state index in [1.165, 1.54) is 5.56 Å². The minimum Gasteiger partial charge on any atom is -0.481 e. The van der Waals surface area contributed by atoms with E-state index in [-0.39, 0.29) is 5.91 Å². The van der Waals surface area contributed by atoms with Crippen molar-refractivity contribution in [3.05, 3.63) is 64.2 Å². The van der Waals surface area contributed by atoms with Crippen LogP contribution in [0.5, 0.6) is 5.75 Å². The van der Waals surface area contributed by atoms with Gasteiger partial charge in [0.1, 0.15) is 5.75 Å². The van der Waals surface area contributed by atoms with Crippen LogP contribution in [0.25, 0.3) is 0 Å². The van der Waals surface area contributed by atoms with Gasteiger partial charge in [0, 0.05) is 11.6 Å². The third kappa shape index (κ3) is 5.29. The fraction of sp³-hybridized carbons (Fsp3) is 0.316. The molecule has 3 nitrogen and oxygen atoms in total. The van der Waals surface area contributed by atoms with Crippen LogP contribution in [0, 0.1) is 13.8 Å². The zero-order valence-corrected chi connectivity index (χ0v) is 14.5. The highest BCUT2D eigenvalue weighted by molar-refractivity contribution is 6.30. The number of aryl methyl sites for hydroxylation is 2. The monoisotopic (exact) mass is 331 g/mol. The van der Waals surface area contributed by atoms with Crippen molar-refractivity contribution in [1.82, 2.24) is 5.32 Å². The van der Waals surface area contributed by atoms with Gasteiger partial charge in [-0.25, -0.2) is 0 Å². The number of hydrogen-bond donors (Lipinski definition) is 1. The maximum atomic E-state index is 12.1. The van der Waals surface area contributed by atoms with Crippen molar-refractivity contribution in [2.45, 2.75) is 33.3 Å². The van der Waals surface area contributed by atoms with E-state index >= 15 is 0 Å². The highest BCUT2D eigenvalue weighted by Crippen LogP contribution is 2.17. The van der Waals surface area contributed by atoms with Gasteiger partial charge in [-0.15, -0.1) is 0 Å². The Bertz CT molecular complexity index is 668. The average Bonchev–Trinajstić information content (AvgIpc) is 2.52. The number of hydrogen-bond acceptors (Lipinski definition) is 2. The van der Waals surface area contributed by atoms with Crippen molar-refractivity contribution in [3.63, 3.8) is 0 Å². The number of ether oxygens (including phenoxy) is 1. The van der Waals surface area contributed by atoms with Gasteiger partial charge in [0.05, 0.1) is 0 Å². The molecule has 0 heterocycles. The van der Waals surface area contributed by atoms with Gasteiger partial charge in [0.15, 0.2) is 6.10 Å². The van der Waals surface area contributed by atoms with Crippen LogP contribution in [0.2, 0.25) is 5.02 Å². The lowest BCUT2D eigenvalue weighted by Gasteiger charge is -2.15. The highest BCUT2D eigenvalue weighted by Gasteiger charge is 2.14. The van der Waals surface area contributed by atoms with Crippen LogP contribution < -0.4 is 10.1 Å². The molecule has 0 aliphatic heterocycles. The number of carbonyl (C=O) groups is 1. The zero-order chi connectivity index (χ0) is 16.8.